The molecule has 3 N–H and O–H groups in total. The van der Waals surface area contributed by atoms with Crippen LogP contribution in [0.5, 0.6) is 5.75 Å². The van der Waals surface area contributed by atoms with E-state index in [9.17, 15) is 14.4 Å². The molecular weight excluding hydrogens is 394 g/mol. The SMILES string of the molecule is CC(C)[C@H](NC(=O)c1ccccc1Cl)C(=O)Nc1ccc2c(c1)NC(=O)[C@@H](C)O2. The summed E-state index contributed by atoms with van der Waals surface area (Å²) in [6.07, 6.45) is -0.576. The molecule has 0 unspecified atom stereocenters. The van der Waals surface area contributed by atoms with E-state index in [1.54, 1.807) is 49.4 Å². The van der Waals surface area contributed by atoms with Crippen LogP contribution in [0.25, 0.3) is 0 Å². The molecule has 29 heavy (non-hydrogen) atoms. The Morgan fingerprint density at radius 2 is 1.90 bits per heavy atom. The number of amides is 3. The third-order valence-electron chi connectivity index (χ3n) is 4.53. The van der Waals surface area contributed by atoms with Gasteiger partial charge >= 0.3 is 0 Å². The van der Waals surface area contributed by atoms with Crippen LogP contribution in [0.1, 0.15) is 31.1 Å². The zero-order valence-electron chi connectivity index (χ0n) is 16.3. The Kier molecular flexibility index (Phi) is 6.08. The summed E-state index contributed by atoms with van der Waals surface area (Å²) in [7, 11) is 0. The number of carbonyl (C=O) groups is 3. The Balaban J connectivity index is 1.74. The van der Waals surface area contributed by atoms with Gasteiger partial charge in [-0.3, -0.25) is 14.4 Å². The number of anilines is 2. The predicted molar refractivity (Wildman–Crippen MR) is 111 cm³/mol. The summed E-state index contributed by atoms with van der Waals surface area (Å²) in [6.45, 7) is 5.32. The summed E-state index contributed by atoms with van der Waals surface area (Å²) in [4.78, 5) is 37.2. The lowest BCUT2D eigenvalue weighted by Crippen LogP contribution is -2.47. The van der Waals surface area contributed by atoms with Gasteiger partial charge in [0.1, 0.15) is 11.8 Å². The highest BCUT2D eigenvalue weighted by Gasteiger charge is 2.27. The fraction of sp³-hybridized carbons (Fsp3) is 0.286. The molecule has 8 heteroatoms. The lowest BCUT2D eigenvalue weighted by atomic mass is 10.0. The van der Waals surface area contributed by atoms with Crippen LogP contribution in [0.2, 0.25) is 5.02 Å². The van der Waals surface area contributed by atoms with Crippen molar-refractivity contribution in [2.24, 2.45) is 5.92 Å². The maximum atomic E-state index is 12.8. The maximum absolute atomic E-state index is 12.8. The monoisotopic (exact) mass is 415 g/mol. The first-order valence-electron chi connectivity index (χ1n) is 9.24. The lowest BCUT2D eigenvalue weighted by molar-refractivity contribution is -0.122. The van der Waals surface area contributed by atoms with Crippen LogP contribution in [0.4, 0.5) is 11.4 Å². The topological polar surface area (TPSA) is 96.5 Å². The predicted octanol–water partition coefficient (Wildman–Crippen LogP) is 3.45. The Labute approximate surface area is 173 Å². The van der Waals surface area contributed by atoms with E-state index < -0.39 is 18.1 Å². The Hall–Kier alpha value is -3.06. The molecule has 152 valence electrons. The molecule has 0 saturated heterocycles. The molecule has 0 aromatic heterocycles. The van der Waals surface area contributed by atoms with Crippen molar-refractivity contribution in [3.63, 3.8) is 0 Å². The number of rotatable bonds is 5. The smallest absolute Gasteiger partial charge is 0.265 e. The molecule has 0 saturated carbocycles. The van der Waals surface area contributed by atoms with E-state index in [1.165, 1.54) is 0 Å². The Bertz CT molecular complexity index is 961. The molecule has 0 radical (unpaired) electrons. The number of halogens is 1. The third-order valence-corrected chi connectivity index (χ3v) is 4.86. The molecule has 1 heterocycles. The highest BCUT2D eigenvalue weighted by molar-refractivity contribution is 6.33. The van der Waals surface area contributed by atoms with Crippen LogP contribution in [0.3, 0.4) is 0 Å². The van der Waals surface area contributed by atoms with Crippen molar-refractivity contribution in [2.45, 2.75) is 32.9 Å². The van der Waals surface area contributed by atoms with Gasteiger partial charge in [-0.15, -0.1) is 0 Å². The molecule has 1 aliphatic heterocycles. The fourth-order valence-corrected chi connectivity index (χ4v) is 3.13. The first-order chi connectivity index (χ1) is 13.8. The van der Waals surface area contributed by atoms with Gasteiger partial charge in [0, 0.05) is 5.69 Å². The summed E-state index contributed by atoms with van der Waals surface area (Å²) in [6, 6.07) is 10.8. The maximum Gasteiger partial charge on any atom is 0.265 e. The summed E-state index contributed by atoms with van der Waals surface area (Å²) in [5.41, 5.74) is 1.26. The minimum absolute atomic E-state index is 0.164. The zero-order chi connectivity index (χ0) is 21.1. The van der Waals surface area contributed by atoms with Gasteiger partial charge in [-0.2, -0.15) is 0 Å². The van der Waals surface area contributed by atoms with Crippen molar-refractivity contribution < 1.29 is 19.1 Å². The van der Waals surface area contributed by atoms with Crippen LogP contribution < -0.4 is 20.7 Å². The van der Waals surface area contributed by atoms with Gasteiger partial charge in [0.2, 0.25) is 5.91 Å². The minimum Gasteiger partial charge on any atom is -0.479 e. The molecule has 0 fully saturated rings. The van der Waals surface area contributed by atoms with Crippen LogP contribution in [0, 0.1) is 5.92 Å². The van der Waals surface area contributed by atoms with Crippen molar-refractivity contribution >= 4 is 40.7 Å². The molecule has 1 aliphatic rings. The van der Waals surface area contributed by atoms with E-state index in [2.05, 4.69) is 16.0 Å². The second-order valence-corrected chi connectivity index (χ2v) is 7.53. The molecule has 0 bridgehead atoms. The minimum atomic E-state index is -0.777. The van der Waals surface area contributed by atoms with Crippen molar-refractivity contribution in [2.75, 3.05) is 10.6 Å². The van der Waals surface area contributed by atoms with Gasteiger partial charge in [0.25, 0.3) is 11.8 Å². The quantitative estimate of drug-likeness (QED) is 0.696. The molecule has 3 amide bonds. The van der Waals surface area contributed by atoms with E-state index >= 15 is 0 Å². The summed E-state index contributed by atoms with van der Waals surface area (Å²) in [5, 5.41) is 8.56. The molecule has 2 aromatic carbocycles. The van der Waals surface area contributed by atoms with Crippen LogP contribution in [-0.4, -0.2) is 29.9 Å². The van der Waals surface area contributed by atoms with Crippen LogP contribution in [-0.2, 0) is 9.59 Å². The van der Waals surface area contributed by atoms with Gasteiger partial charge in [-0.25, -0.2) is 0 Å². The Morgan fingerprint density at radius 1 is 1.17 bits per heavy atom. The first kappa shape index (κ1) is 20.7. The van der Waals surface area contributed by atoms with Gasteiger partial charge < -0.3 is 20.7 Å². The first-order valence-corrected chi connectivity index (χ1v) is 9.62. The molecule has 0 aliphatic carbocycles. The summed E-state index contributed by atoms with van der Waals surface area (Å²) >= 11 is 6.07. The van der Waals surface area contributed by atoms with Gasteiger partial charge in [0.05, 0.1) is 16.3 Å². The normalized spacial score (nSPS) is 16.3. The average Bonchev–Trinajstić information content (AvgIpc) is 2.67. The number of nitrogens with one attached hydrogen (secondary N) is 3. The molecule has 0 spiro atoms. The Morgan fingerprint density at radius 3 is 2.59 bits per heavy atom. The highest BCUT2D eigenvalue weighted by atomic mass is 35.5. The van der Waals surface area contributed by atoms with E-state index in [4.69, 9.17) is 16.3 Å². The fourth-order valence-electron chi connectivity index (χ4n) is 2.91. The largest absolute Gasteiger partial charge is 0.479 e. The number of ether oxygens (including phenoxy) is 1. The van der Waals surface area contributed by atoms with Gasteiger partial charge in [-0.1, -0.05) is 37.6 Å². The van der Waals surface area contributed by atoms with Gasteiger partial charge in [0.15, 0.2) is 6.10 Å². The average molecular weight is 416 g/mol. The highest BCUT2D eigenvalue weighted by Crippen LogP contribution is 2.32. The molecular formula is C21H22ClN3O4. The zero-order valence-corrected chi connectivity index (χ0v) is 17.0. The lowest BCUT2D eigenvalue weighted by Gasteiger charge is -2.25. The van der Waals surface area contributed by atoms with Crippen molar-refractivity contribution in [1.82, 2.24) is 5.32 Å². The second-order valence-electron chi connectivity index (χ2n) is 7.12. The number of hydrogen-bond donors (Lipinski definition) is 3. The number of carbonyl (C=O) groups excluding carboxylic acids is 3. The molecule has 3 rings (SSSR count). The third kappa shape index (κ3) is 4.68. The summed E-state index contributed by atoms with van der Waals surface area (Å²) < 4.78 is 5.51. The molecule has 2 aromatic rings. The van der Waals surface area contributed by atoms with Crippen molar-refractivity contribution in [1.29, 1.82) is 0 Å². The summed E-state index contributed by atoms with van der Waals surface area (Å²) in [5.74, 6) is -0.695. The molecule has 7 nitrogen and oxygen atoms in total. The van der Waals surface area contributed by atoms with Gasteiger partial charge in [-0.05, 0) is 43.2 Å². The number of hydrogen-bond acceptors (Lipinski definition) is 4. The van der Waals surface area contributed by atoms with Crippen LogP contribution >= 0.6 is 11.6 Å². The van der Waals surface area contributed by atoms with E-state index in [-0.39, 0.29) is 17.7 Å². The number of fused-ring (bicyclic) bond motifs is 1. The van der Waals surface area contributed by atoms with E-state index in [1.807, 2.05) is 13.8 Å². The van der Waals surface area contributed by atoms with E-state index in [0.29, 0.717) is 27.7 Å². The van der Waals surface area contributed by atoms with E-state index in [0.717, 1.165) is 0 Å². The standard InChI is InChI=1S/C21H22ClN3O4/c1-11(2)18(25-20(27)14-6-4-5-7-15(14)22)21(28)23-13-8-9-17-16(10-13)24-19(26)12(3)29-17/h4-12,18H,1-3H3,(H,23,28)(H,24,26)(H,25,27)/t12-,18+/m1/s1. The van der Waals surface area contributed by atoms with Crippen molar-refractivity contribution in [3.05, 3.63) is 53.1 Å². The van der Waals surface area contributed by atoms with Crippen molar-refractivity contribution in [3.8, 4) is 5.75 Å². The number of benzene rings is 2. The molecule has 2 atom stereocenters. The van der Waals surface area contributed by atoms with Crippen LogP contribution in [0.15, 0.2) is 42.5 Å². The second kappa shape index (κ2) is 8.53.